The Balaban J connectivity index is 1.95. The highest BCUT2D eigenvalue weighted by Crippen LogP contribution is 2.35. The molecule has 0 unspecified atom stereocenters. The molecule has 3 rings (SSSR count). The highest BCUT2D eigenvalue weighted by molar-refractivity contribution is 7.22. The van der Waals surface area contributed by atoms with Crippen molar-refractivity contribution in [3.8, 4) is 5.75 Å². The van der Waals surface area contributed by atoms with Crippen molar-refractivity contribution in [2.75, 3.05) is 19.0 Å². The lowest BCUT2D eigenvalue weighted by atomic mass is 10.2. The van der Waals surface area contributed by atoms with Crippen molar-refractivity contribution in [2.24, 2.45) is 5.92 Å². The summed E-state index contributed by atoms with van der Waals surface area (Å²) in [5.41, 5.74) is 2.24. The number of hydrogen-bond acceptors (Lipinski definition) is 4. The van der Waals surface area contributed by atoms with E-state index in [-0.39, 0.29) is 0 Å². The fraction of sp³-hybridized carbons (Fsp3) is 0.462. The van der Waals surface area contributed by atoms with Gasteiger partial charge in [-0.1, -0.05) is 17.4 Å². The maximum Gasteiger partial charge on any atom is 0.183 e. The summed E-state index contributed by atoms with van der Waals surface area (Å²) in [6.45, 7) is 3.17. The van der Waals surface area contributed by atoms with E-state index in [2.05, 4.69) is 23.3 Å². The summed E-state index contributed by atoms with van der Waals surface area (Å²) in [5, 5.41) is 4.44. The quantitative estimate of drug-likeness (QED) is 0.900. The molecular weight excluding hydrogens is 232 g/mol. The van der Waals surface area contributed by atoms with E-state index in [0.717, 1.165) is 28.9 Å². The van der Waals surface area contributed by atoms with Crippen molar-refractivity contribution in [1.29, 1.82) is 0 Å². The molecule has 17 heavy (non-hydrogen) atoms. The Morgan fingerprint density at radius 3 is 3.00 bits per heavy atom. The maximum atomic E-state index is 5.35. The van der Waals surface area contributed by atoms with Crippen LogP contribution in [-0.2, 0) is 0 Å². The summed E-state index contributed by atoms with van der Waals surface area (Å²) in [7, 11) is 1.70. The average molecular weight is 248 g/mol. The van der Waals surface area contributed by atoms with Crippen LogP contribution in [0.3, 0.4) is 0 Å². The predicted molar refractivity (Wildman–Crippen MR) is 72.1 cm³/mol. The molecule has 1 aromatic heterocycles. The smallest absolute Gasteiger partial charge is 0.183 e. The first kappa shape index (κ1) is 10.8. The minimum Gasteiger partial charge on any atom is -0.494 e. The molecule has 0 atom stereocenters. The molecule has 0 saturated heterocycles. The number of benzene rings is 1. The van der Waals surface area contributed by atoms with E-state index in [4.69, 9.17) is 4.74 Å². The number of ether oxygens (including phenoxy) is 1. The molecule has 1 aliphatic rings. The maximum absolute atomic E-state index is 5.35. The lowest BCUT2D eigenvalue weighted by Gasteiger charge is -2.01. The number of nitrogens with one attached hydrogen (secondary N) is 1. The largest absolute Gasteiger partial charge is 0.494 e. The predicted octanol–water partition coefficient (Wildman–Crippen LogP) is 3.44. The van der Waals surface area contributed by atoms with E-state index in [1.54, 1.807) is 18.4 Å². The van der Waals surface area contributed by atoms with Gasteiger partial charge in [-0.05, 0) is 37.3 Å². The van der Waals surface area contributed by atoms with Crippen molar-refractivity contribution in [3.63, 3.8) is 0 Å². The SMILES string of the molecule is COc1ccc(C)c2sc(NCC3CC3)nc12. The van der Waals surface area contributed by atoms with Gasteiger partial charge in [0.1, 0.15) is 11.3 Å². The third-order valence-electron chi connectivity index (χ3n) is 3.16. The third kappa shape index (κ3) is 2.09. The molecule has 0 spiro atoms. The van der Waals surface area contributed by atoms with Gasteiger partial charge >= 0.3 is 0 Å². The Morgan fingerprint density at radius 2 is 2.29 bits per heavy atom. The number of hydrogen-bond donors (Lipinski definition) is 1. The number of fused-ring (bicyclic) bond motifs is 1. The van der Waals surface area contributed by atoms with Gasteiger partial charge in [-0.2, -0.15) is 0 Å². The molecule has 0 aliphatic heterocycles. The van der Waals surface area contributed by atoms with Gasteiger partial charge in [0, 0.05) is 6.54 Å². The molecule has 1 aromatic carbocycles. The molecule has 1 N–H and O–H groups in total. The average Bonchev–Trinajstić information content (AvgIpc) is 3.06. The fourth-order valence-corrected chi connectivity index (χ4v) is 2.86. The number of thiazole rings is 1. The second-order valence-electron chi connectivity index (χ2n) is 4.61. The normalized spacial score (nSPS) is 15.2. The van der Waals surface area contributed by atoms with Crippen molar-refractivity contribution in [2.45, 2.75) is 19.8 Å². The first-order chi connectivity index (χ1) is 8.28. The van der Waals surface area contributed by atoms with Gasteiger partial charge < -0.3 is 10.1 Å². The van der Waals surface area contributed by atoms with Crippen molar-refractivity contribution >= 4 is 26.7 Å². The van der Waals surface area contributed by atoms with Crippen molar-refractivity contribution in [1.82, 2.24) is 4.98 Å². The van der Waals surface area contributed by atoms with Crippen LogP contribution in [0.5, 0.6) is 5.75 Å². The third-order valence-corrected chi connectivity index (χ3v) is 4.31. The number of methoxy groups -OCH3 is 1. The number of aryl methyl sites for hydroxylation is 1. The lowest BCUT2D eigenvalue weighted by Crippen LogP contribution is -2.02. The van der Waals surface area contributed by atoms with Gasteiger partial charge in [-0.3, -0.25) is 0 Å². The van der Waals surface area contributed by atoms with Crippen LogP contribution in [0.15, 0.2) is 12.1 Å². The molecule has 0 bridgehead atoms. The zero-order valence-electron chi connectivity index (χ0n) is 10.1. The number of nitrogens with zero attached hydrogens (tertiary/aromatic N) is 1. The Morgan fingerprint density at radius 1 is 1.47 bits per heavy atom. The van der Waals surface area contributed by atoms with Gasteiger partial charge in [-0.15, -0.1) is 0 Å². The first-order valence-corrected chi connectivity index (χ1v) is 6.77. The van der Waals surface area contributed by atoms with Gasteiger partial charge in [-0.25, -0.2) is 4.98 Å². The molecular formula is C13H16N2OS. The van der Waals surface area contributed by atoms with E-state index < -0.39 is 0 Å². The number of rotatable bonds is 4. The molecule has 0 radical (unpaired) electrons. The van der Waals surface area contributed by atoms with Gasteiger partial charge in [0.2, 0.25) is 0 Å². The van der Waals surface area contributed by atoms with E-state index >= 15 is 0 Å². The molecule has 1 fully saturated rings. The van der Waals surface area contributed by atoms with E-state index in [9.17, 15) is 0 Å². The van der Waals surface area contributed by atoms with Crippen LogP contribution in [0.2, 0.25) is 0 Å². The summed E-state index contributed by atoms with van der Waals surface area (Å²) in [6.07, 6.45) is 2.72. The molecule has 1 saturated carbocycles. The van der Waals surface area contributed by atoms with Crippen LogP contribution < -0.4 is 10.1 Å². The summed E-state index contributed by atoms with van der Waals surface area (Å²) in [4.78, 5) is 4.63. The summed E-state index contributed by atoms with van der Waals surface area (Å²) in [5.74, 6) is 1.73. The van der Waals surface area contributed by atoms with Gasteiger partial charge in [0.15, 0.2) is 5.13 Å². The molecule has 4 heteroatoms. The Hall–Kier alpha value is -1.29. The Bertz CT molecular complexity index is 546. The van der Waals surface area contributed by atoms with Crippen LogP contribution in [0.4, 0.5) is 5.13 Å². The second-order valence-corrected chi connectivity index (χ2v) is 5.60. The molecule has 1 heterocycles. The molecule has 90 valence electrons. The summed E-state index contributed by atoms with van der Waals surface area (Å²) in [6, 6.07) is 4.08. The van der Waals surface area contributed by atoms with Crippen LogP contribution in [0.25, 0.3) is 10.2 Å². The van der Waals surface area contributed by atoms with Gasteiger partial charge in [0.25, 0.3) is 0 Å². The van der Waals surface area contributed by atoms with Crippen LogP contribution >= 0.6 is 11.3 Å². The van der Waals surface area contributed by atoms with Crippen LogP contribution in [-0.4, -0.2) is 18.6 Å². The summed E-state index contributed by atoms with van der Waals surface area (Å²) < 4.78 is 6.57. The van der Waals surface area contributed by atoms with E-state index in [1.165, 1.54) is 23.1 Å². The fourth-order valence-electron chi connectivity index (χ4n) is 1.90. The molecule has 1 aliphatic carbocycles. The summed E-state index contributed by atoms with van der Waals surface area (Å²) >= 11 is 1.72. The first-order valence-electron chi connectivity index (χ1n) is 5.96. The van der Waals surface area contributed by atoms with Crippen molar-refractivity contribution < 1.29 is 4.74 Å². The zero-order valence-corrected chi connectivity index (χ0v) is 10.9. The van der Waals surface area contributed by atoms with Gasteiger partial charge in [0.05, 0.1) is 11.8 Å². The van der Waals surface area contributed by atoms with Crippen LogP contribution in [0.1, 0.15) is 18.4 Å². The lowest BCUT2D eigenvalue weighted by molar-refractivity contribution is 0.419. The monoisotopic (exact) mass is 248 g/mol. The van der Waals surface area contributed by atoms with Crippen molar-refractivity contribution in [3.05, 3.63) is 17.7 Å². The zero-order chi connectivity index (χ0) is 11.8. The van der Waals surface area contributed by atoms with Crippen LogP contribution in [0, 0.1) is 12.8 Å². The highest BCUT2D eigenvalue weighted by Gasteiger charge is 2.21. The second kappa shape index (κ2) is 4.18. The number of aromatic nitrogens is 1. The molecule has 2 aromatic rings. The molecule has 0 amide bonds. The highest BCUT2D eigenvalue weighted by atomic mass is 32.1. The topological polar surface area (TPSA) is 34.1 Å². The number of anilines is 1. The standard InChI is InChI=1S/C13H16N2OS/c1-8-3-6-10(16-2)11-12(8)17-13(15-11)14-7-9-4-5-9/h3,6,9H,4-5,7H2,1-2H3,(H,14,15). The Labute approximate surface area is 105 Å². The minimum absolute atomic E-state index is 0.862. The van der Waals surface area contributed by atoms with E-state index in [0.29, 0.717) is 0 Å². The Kier molecular flexibility index (Phi) is 2.67. The van der Waals surface area contributed by atoms with E-state index in [1.807, 2.05) is 6.07 Å². The minimum atomic E-state index is 0.862. The molecule has 3 nitrogen and oxygen atoms in total.